The molecule has 0 aliphatic carbocycles. The minimum absolute atomic E-state index is 0.0924. The molecule has 0 rings (SSSR count). The Morgan fingerprint density at radius 1 is 0.253 bits per heavy atom. The summed E-state index contributed by atoms with van der Waals surface area (Å²) in [7, 11) is 0. The monoisotopic (exact) mass is 1150 g/mol. The summed E-state index contributed by atoms with van der Waals surface area (Å²) in [6, 6.07) is 0. The molecule has 6 nitrogen and oxygen atoms in total. The fourth-order valence-electron chi connectivity index (χ4n) is 9.53. The third-order valence-electron chi connectivity index (χ3n) is 14.7. The summed E-state index contributed by atoms with van der Waals surface area (Å²) < 4.78 is 17.0. The molecule has 0 amide bonds. The number of hydrogen-bond donors (Lipinski definition) is 0. The first kappa shape index (κ1) is 78.5. The maximum absolute atomic E-state index is 13.0. The molecule has 0 aromatic heterocycles. The topological polar surface area (TPSA) is 78.9 Å². The molecule has 0 radical (unpaired) electrons. The van der Waals surface area contributed by atoms with Gasteiger partial charge in [0.2, 0.25) is 0 Å². The van der Waals surface area contributed by atoms with Crippen molar-refractivity contribution in [1.82, 2.24) is 0 Å². The molecule has 0 aromatic carbocycles. The van der Waals surface area contributed by atoms with Gasteiger partial charge in [0.15, 0.2) is 6.10 Å². The average Bonchev–Trinajstić information content (AvgIpc) is 3.49. The summed E-state index contributed by atoms with van der Waals surface area (Å²) in [6.45, 7) is 6.42. The van der Waals surface area contributed by atoms with Crippen molar-refractivity contribution in [3.05, 3.63) is 134 Å². The van der Waals surface area contributed by atoms with Gasteiger partial charge in [0.05, 0.1) is 0 Å². The Morgan fingerprint density at radius 3 is 0.735 bits per heavy atom. The number of hydrogen-bond acceptors (Lipinski definition) is 6. The Balaban J connectivity index is 4.42. The highest BCUT2D eigenvalue weighted by atomic mass is 16.6. The van der Waals surface area contributed by atoms with Crippen molar-refractivity contribution in [2.45, 2.75) is 322 Å². The molecule has 0 aromatic rings. The van der Waals surface area contributed by atoms with Gasteiger partial charge in [-0.25, -0.2) is 0 Å². The molecule has 0 heterocycles. The Kier molecular flexibility index (Phi) is 66.3. The van der Waals surface area contributed by atoms with Crippen molar-refractivity contribution in [3.8, 4) is 0 Å². The van der Waals surface area contributed by atoms with Crippen LogP contribution in [-0.4, -0.2) is 37.2 Å². The number of allylic oxidation sites excluding steroid dienone is 22. The number of esters is 3. The minimum atomic E-state index is -0.798. The van der Waals surface area contributed by atoms with Crippen LogP contribution in [0.4, 0.5) is 0 Å². The third kappa shape index (κ3) is 68.2. The molecule has 0 bridgehead atoms. The molecule has 1 atom stereocenters. The molecule has 1 unspecified atom stereocenters. The first-order valence-corrected chi connectivity index (χ1v) is 34.7. The molecule has 0 aliphatic heterocycles. The van der Waals surface area contributed by atoms with Gasteiger partial charge in [-0.1, -0.05) is 315 Å². The van der Waals surface area contributed by atoms with Gasteiger partial charge in [0.1, 0.15) is 13.2 Å². The normalized spacial score (nSPS) is 13.0. The maximum Gasteiger partial charge on any atom is 0.306 e. The van der Waals surface area contributed by atoms with Crippen LogP contribution in [0.3, 0.4) is 0 Å². The first-order valence-electron chi connectivity index (χ1n) is 34.7. The zero-order chi connectivity index (χ0) is 59.9. The van der Waals surface area contributed by atoms with Gasteiger partial charge in [-0.15, -0.1) is 0 Å². The average molecular weight is 1150 g/mol. The smallest absolute Gasteiger partial charge is 0.306 e. The third-order valence-corrected chi connectivity index (χ3v) is 14.7. The van der Waals surface area contributed by atoms with Crippen LogP contribution >= 0.6 is 0 Å². The number of carbonyl (C=O) groups is 3. The van der Waals surface area contributed by atoms with E-state index in [0.717, 1.165) is 148 Å². The summed E-state index contributed by atoms with van der Waals surface area (Å²) in [4.78, 5) is 38.5. The lowest BCUT2D eigenvalue weighted by molar-refractivity contribution is -0.167. The summed E-state index contributed by atoms with van der Waals surface area (Å²) in [5.74, 6) is -0.917. The molecular weight excluding hydrogens is 1020 g/mol. The number of unbranched alkanes of at least 4 members (excludes halogenated alkanes) is 29. The zero-order valence-electron chi connectivity index (χ0n) is 54.2. The molecule has 0 saturated carbocycles. The molecule has 0 aliphatic rings. The van der Waals surface area contributed by atoms with Crippen molar-refractivity contribution < 1.29 is 28.6 Å². The number of ether oxygens (including phenoxy) is 3. The predicted octanol–water partition coefficient (Wildman–Crippen LogP) is 24.1. The Hall–Kier alpha value is -4.45. The van der Waals surface area contributed by atoms with Gasteiger partial charge < -0.3 is 14.2 Å². The van der Waals surface area contributed by atoms with Crippen LogP contribution in [0.15, 0.2) is 134 Å². The van der Waals surface area contributed by atoms with Gasteiger partial charge in [-0.05, 0) is 116 Å². The van der Waals surface area contributed by atoms with E-state index in [4.69, 9.17) is 14.2 Å². The SMILES string of the molecule is CC/C=C\C/C=C\C/C=C\C/C=C\C/C=C\C/C=C\C/C=C\C/C=C\CCCCCCC(=O)OCC(COC(=O)CCCCCCCCC/C=C\C/C=C\C/C=C\CC)OC(=O)CCCCCCCCCCCCCCCCCCCCC. The maximum atomic E-state index is 13.0. The molecule has 0 spiro atoms. The molecule has 0 saturated heterocycles. The van der Waals surface area contributed by atoms with Crippen molar-refractivity contribution >= 4 is 17.9 Å². The van der Waals surface area contributed by atoms with Crippen LogP contribution in [0.25, 0.3) is 0 Å². The van der Waals surface area contributed by atoms with Crippen LogP contribution in [0.2, 0.25) is 0 Å². The van der Waals surface area contributed by atoms with Crippen molar-refractivity contribution in [3.63, 3.8) is 0 Å². The van der Waals surface area contributed by atoms with Gasteiger partial charge in [-0.3, -0.25) is 14.4 Å². The Labute approximate surface area is 513 Å². The summed E-state index contributed by atoms with van der Waals surface area (Å²) in [5.41, 5.74) is 0. The van der Waals surface area contributed by atoms with Crippen molar-refractivity contribution in [2.24, 2.45) is 0 Å². The highest BCUT2D eigenvalue weighted by molar-refractivity contribution is 5.71. The molecule has 0 N–H and O–H groups in total. The number of rotatable bonds is 62. The van der Waals surface area contributed by atoms with Crippen LogP contribution < -0.4 is 0 Å². The van der Waals surface area contributed by atoms with Gasteiger partial charge in [-0.2, -0.15) is 0 Å². The van der Waals surface area contributed by atoms with Gasteiger partial charge in [0, 0.05) is 19.3 Å². The van der Waals surface area contributed by atoms with E-state index in [1.807, 2.05) is 0 Å². The van der Waals surface area contributed by atoms with Crippen LogP contribution in [0, 0.1) is 0 Å². The van der Waals surface area contributed by atoms with E-state index >= 15 is 0 Å². The van der Waals surface area contributed by atoms with Crippen molar-refractivity contribution in [1.29, 1.82) is 0 Å². The quantitative estimate of drug-likeness (QED) is 0.0261. The molecule has 83 heavy (non-hydrogen) atoms. The van der Waals surface area contributed by atoms with Crippen LogP contribution in [-0.2, 0) is 28.6 Å². The van der Waals surface area contributed by atoms with E-state index in [2.05, 4.69) is 154 Å². The Bertz CT molecular complexity index is 1750. The summed E-state index contributed by atoms with van der Waals surface area (Å²) >= 11 is 0. The van der Waals surface area contributed by atoms with E-state index in [-0.39, 0.29) is 31.1 Å². The van der Waals surface area contributed by atoms with E-state index in [1.54, 1.807) is 0 Å². The highest BCUT2D eigenvalue weighted by Gasteiger charge is 2.19. The lowest BCUT2D eigenvalue weighted by Gasteiger charge is -2.18. The second-order valence-electron chi connectivity index (χ2n) is 22.7. The molecule has 472 valence electrons. The second kappa shape index (κ2) is 70.0. The molecule has 6 heteroatoms. The molecular formula is C77H128O6. The minimum Gasteiger partial charge on any atom is -0.462 e. The van der Waals surface area contributed by atoms with Gasteiger partial charge in [0.25, 0.3) is 0 Å². The molecule has 0 fully saturated rings. The van der Waals surface area contributed by atoms with Crippen LogP contribution in [0.5, 0.6) is 0 Å². The van der Waals surface area contributed by atoms with Gasteiger partial charge >= 0.3 is 17.9 Å². The van der Waals surface area contributed by atoms with E-state index < -0.39 is 6.10 Å². The van der Waals surface area contributed by atoms with E-state index in [0.29, 0.717) is 19.3 Å². The standard InChI is InChI=1S/C77H128O6/c1-4-7-10-13-16-19-22-25-28-31-33-34-35-36-37-38-39-40-41-42-44-46-49-52-55-58-61-64-67-70-76(79)82-73-74(72-81-75(78)69-66-63-60-57-54-51-48-45-30-27-24-21-18-15-12-9-6-3)83-77(80)71-68-65-62-59-56-53-50-47-43-32-29-26-23-20-17-14-11-8-5-2/h7,9-10,12,16,18-19,21,25,27-28,30,33-34,36-37,39-40,42,44,49,52,74H,4-6,8,11,13-15,17,20,22-24,26,29,31-32,35,38,41,43,45-48,50-51,53-73H2,1-3H3/b10-7-,12-9-,19-16-,21-18-,28-25-,30-27-,34-33-,37-36-,40-39-,44-42-,52-49-. The first-order chi connectivity index (χ1) is 41.0. The van der Waals surface area contributed by atoms with Crippen LogP contribution in [0.1, 0.15) is 316 Å². The second-order valence-corrected chi connectivity index (χ2v) is 22.7. The summed E-state index contributed by atoms with van der Waals surface area (Å²) in [6.07, 6.45) is 98.9. The predicted molar refractivity (Wildman–Crippen MR) is 362 cm³/mol. The summed E-state index contributed by atoms with van der Waals surface area (Å²) in [5, 5.41) is 0. The fraction of sp³-hybridized carbons (Fsp3) is 0.675. The lowest BCUT2D eigenvalue weighted by atomic mass is 10.0. The lowest BCUT2D eigenvalue weighted by Crippen LogP contribution is -2.30. The Morgan fingerprint density at radius 2 is 0.470 bits per heavy atom. The number of carbonyl (C=O) groups excluding carboxylic acids is 3. The van der Waals surface area contributed by atoms with Crippen molar-refractivity contribution in [2.75, 3.05) is 13.2 Å². The largest absolute Gasteiger partial charge is 0.462 e. The van der Waals surface area contributed by atoms with E-state index in [9.17, 15) is 14.4 Å². The fourth-order valence-corrected chi connectivity index (χ4v) is 9.53. The zero-order valence-corrected chi connectivity index (χ0v) is 54.2. The highest BCUT2D eigenvalue weighted by Crippen LogP contribution is 2.17. The van der Waals surface area contributed by atoms with E-state index in [1.165, 1.54) is 128 Å².